The zero-order valence-corrected chi connectivity index (χ0v) is 12.0. The lowest BCUT2D eigenvalue weighted by atomic mass is 10.1. The second-order valence-corrected chi connectivity index (χ2v) is 5.28. The van der Waals surface area contributed by atoms with Gasteiger partial charge in [-0.1, -0.05) is 11.3 Å². The van der Waals surface area contributed by atoms with Crippen LogP contribution in [0.25, 0.3) is 16.4 Å². The number of rotatable bonds is 4. The highest BCUT2D eigenvalue weighted by Crippen LogP contribution is 2.31. The molecular weight excluding hydrogens is 288 g/mol. The highest BCUT2D eigenvalue weighted by molar-refractivity contribution is 7.16. The van der Waals surface area contributed by atoms with E-state index in [1.54, 1.807) is 35.9 Å². The number of hydrogen-bond acceptors (Lipinski definition) is 4. The Morgan fingerprint density at radius 2 is 1.90 bits per heavy atom. The molecule has 0 amide bonds. The molecule has 0 unspecified atom stereocenters. The van der Waals surface area contributed by atoms with E-state index in [0.717, 1.165) is 22.6 Å². The second-order valence-electron chi connectivity index (χ2n) is 4.30. The molecule has 2 aromatic heterocycles. The molecule has 21 heavy (non-hydrogen) atoms. The summed E-state index contributed by atoms with van der Waals surface area (Å²) in [5.41, 5.74) is 1.22. The number of hydrogen-bond donors (Lipinski definition) is 1. The summed E-state index contributed by atoms with van der Waals surface area (Å²) in [5.74, 6) is -0.256. The van der Waals surface area contributed by atoms with Gasteiger partial charge < -0.3 is 14.4 Å². The first-order valence-electron chi connectivity index (χ1n) is 6.21. The summed E-state index contributed by atoms with van der Waals surface area (Å²) in [6.45, 7) is 0. The fraction of sp³-hybridized carbons (Fsp3) is 0.0667. The molecule has 3 aromatic rings. The van der Waals surface area contributed by atoms with E-state index in [1.165, 1.54) is 0 Å². The van der Waals surface area contributed by atoms with Gasteiger partial charge in [0.2, 0.25) is 0 Å². The first-order valence-corrected chi connectivity index (χ1v) is 7.02. The number of benzene rings is 1. The predicted octanol–water partition coefficient (Wildman–Crippen LogP) is 3.31. The van der Waals surface area contributed by atoms with Gasteiger partial charge in [-0.05, 0) is 36.4 Å². The SMILES string of the molecule is COc1ccc(-c2nc(-n3cccc3)sc2C(=O)O)cc1. The molecule has 1 N–H and O–H groups in total. The molecule has 0 aliphatic rings. The zero-order chi connectivity index (χ0) is 14.8. The van der Waals surface area contributed by atoms with Crippen LogP contribution in [0.2, 0.25) is 0 Å². The van der Waals surface area contributed by atoms with Crippen LogP contribution < -0.4 is 4.74 Å². The molecule has 1 aromatic carbocycles. The molecule has 0 bridgehead atoms. The van der Waals surface area contributed by atoms with Gasteiger partial charge in [0.25, 0.3) is 0 Å². The number of carbonyl (C=O) groups is 1. The third-order valence-electron chi connectivity index (χ3n) is 3.00. The van der Waals surface area contributed by atoms with Crippen molar-refractivity contribution in [2.75, 3.05) is 7.11 Å². The van der Waals surface area contributed by atoms with Crippen molar-refractivity contribution in [1.82, 2.24) is 9.55 Å². The minimum Gasteiger partial charge on any atom is -0.497 e. The topological polar surface area (TPSA) is 64.4 Å². The van der Waals surface area contributed by atoms with Crippen LogP contribution >= 0.6 is 11.3 Å². The van der Waals surface area contributed by atoms with Gasteiger partial charge in [-0.15, -0.1) is 0 Å². The standard InChI is InChI=1S/C15H12N2O3S/c1-20-11-6-4-10(5-7-11)12-13(14(18)19)21-15(16-12)17-8-2-3-9-17/h2-9H,1H3,(H,18,19). The Hall–Kier alpha value is -2.60. The predicted molar refractivity (Wildman–Crippen MR) is 80.4 cm³/mol. The first kappa shape index (κ1) is 13.4. The number of nitrogens with zero attached hydrogens (tertiary/aromatic N) is 2. The lowest BCUT2D eigenvalue weighted by Gasteiger charge is -2.02. The van der Waals surface area contributed by atoms with Crippen LogP contribution in [0.15, 0.2) is 48.8 Å². The molecule has 2 heterocycles. The maximum absolute atomic E-state index is 11.4. The van der Waals surface area contributed by atoms with Crippen molar-refractivity contribution in [2.45, 2.75) is 0 Å². The summed E-state index contributed by atoms with van der Waals surface area (Å²) in [5, 5.41) is 10.0. The van der Waals surface area contributed by atoms with E-state index in [2.05, 4.69) is 4.98 Å². The van der Waals surface area contributed by atoms with E-state index >= 15 is 0 Å². The van der Waals surface area contributed by atoms with Crippen LogP contribution in [-0.2, 0) is 0 Å². The molecule has 0 aliphatic heterocycles. The van der Waals surface area contributed by atoms with Crippen LogP contribution in [0, 0.1) is 0 Å². The first-order chi connectivity index (χ1) is 10.2. The maximum Gasteiger partial charge on any atom is 0.348 e. The number of carboxylic acids is 1. The normalized spacial score (nSPS) is 10.5. The van der Waals surface area contributed by atoms with E-state index in [1.807, 2.05) is 24.5 Å². The van der Waals surface area contributed by atoms with Gasteiger partial charge in [0.1, 0.15) is 10.6 Å². The highest BCUT2D eigenvalue weighted by Gasteiger charge is 2.19. The molecule has 6 heteroatoms. The average Bonchev–Trinajstić information content (AvgIpc) is 3.16. The molecular formula is C15H12N2O3S. The van der Waals surface area contributed by atoms with Gasteiger partial charge in [-0.2, -0.15) is 0 Å². The second kappa shape index (κ2) is 5.41. The number of ether oxygens (including phenoxy) is 1. The summed E-state index contributed by atoms with van der Waals surface area (Å²) >= 11 is 1.15. The molecule has 5 nitrogen and oxygen atoms in total. The average molecular weight is 300 g/mol. The van der Waals surface area contributed by atoms with Crippen LogP contribution in [-0.4, -0.2) is 27.7 Å². The van der Waals surface area contributed by atoms with E-state index < -0.39 is 5.97 Å². The van der Waals surface area contributed by atoms with Gasteiger partial charge in [0.05, 0.1) is 12.8 Å². The lowest BCUT2D eigenvalue weighted by Crippen LogP contribution is -1.95. The third kappa shape index (κ3) is 2.53. The number of aromatic carboxylic acids is 1. The molecule has 0 atom stereocenters. The fourth-order valence-electron chi connectivity index (χ4n) is 1.97. The van der Waals surface area contributed by atoms with Crippen molar-refractivity contribution >= 4 is 17.3 Å². The summed E-state index contributed by atoms with van der Waals surface area (Å²) in [7, 11) is 1.59. The summed E-state index contributed by atoms with van der Waals surface area (Å²) in [6.07, 6.45) is 3.67. The zero-order valence-electron chi connectivity index (χ0n) is 11.2. The quantitative estimate of drug-likeness (QED) is 0.803. The van der Waals surface area contributed by atoms with Gasteiger partial charge in [0.15, 0.2) is 5.13 Å². The van der Waals surface area contributed by atoms with Crippen molar-refractivity contribution < 1.29 is 14.6 Å². The summed E-state index contributed by atoms with van der Waals surface area (Å²) in [6, 6.07) is 10.9. The molecule has 3 rings (SSSR count). The smallest absolute Gasteiger partial charge is 0.348 e. The Morgan fingerprint density at radius 3 is 2.48 bits per heavy atom. The van der Waals surface area contributed by atoms with Crippen molar-refractivity contribution in [2.24, 2.45) is 0 Å². The van der Waals surface area contributed by atoms with E-state index in [-0.39, 0.29) is 4.88 Å². The molecule has 0 radical (unpaired) electrons. The van der Waals surface area contributed by atoms with E-state index in [4.69, 9.17) is 4.74 Å². The summed E-state index contributed by atoms with van der Waals surface area (Å²) < 4.78 is 6.90. The van der Waals surface area contributed by atoms with Gasteiger partial charge in [-0.3, -0.25) is 0 Å². The van der Waals surface area contributed by atoms with Crippen molar-refractivity contribution in [3.63, 3.8) is 0 Å². The van der Waals surface area contributed by atoms with Gasteiger partial charge >= 0.3 is 5.97 Å². The summed E-state index contributed by atoms with van der Waals surface area (Å²) in [4.78, 5) is 16.1. The lowest BCUT2D eigenvalue weighted by molar-refractivity contribution is 0.0702. The van der Waals surface area contributed by atoms with Crippen molar-refractivity contribution in [1.29, 1.82) is 0 Å². The van der Waals surface area contributed by atoms with Crippen LogP contribution in [0.1, 0.15) is 9.67 Å². The fourth-order valence-corrected chi connectivity index (χ4v) is 2.86. The van der Waals surface area contributed by atoms with E-state index in [0.29, 0.717) is 10.8 Å². The van der Waals surface area contributed by atoms with E-state index in [9.17, 15) is 9.90 Å². The monoisotopic (exact) mass is 300 g/mol. The van der Waals surface area contributed by atoms with Crippen molar-refractivity contribution in [3.8, 4) is 22.1 Å². The molecule has 0 saturated heterocycles. The maximum atomic E-state index is 11.4. The number of aromatic nitrogens is 2. The Bertz CT molecular complexity index is 761. The van der Waals surface area contributed by atoms with Crippen LogP contribution in [0.3, 0.4) is 0 Å². The van der Waals surface area contributed by atoms with Gasteiger partial charge in [0, 0.05) is 18.0 Å². The number of carboxylic acid groups (broad SMARTS) is 1. The Balaban J connectivity index is 2.09. The van der Waals surface area contributed by atoms with Crippen LogP contribution in [0.4, 0.5) is 0 Å². The molecule has 0 aliphatic carbocycles. The molecule has 0 saturated carbocycles. The van der Waals surface area contributed by atoms with Crippen LogP contribution in [0.5, 0.6) is 5.75 Å². The van der Waals surface area contributed by atoms with Crippen molar-refractivity contribution in [3.05, 3.63) is 53.7 Å². The number of thiazole rings is 1. The minimum atomic E-state index is -0.975. The number of methoxy groups -OCH3 is 1. The highest BCUT2D eigenvalue weighted by atomic mass is 32.1. The minimum absolute atomic E-state index is 0.226. The Labute approximate surface area is 125 Å². The molecule has 106 valence electrons. The third-order valence-corrected chi connectivity index (χ3v) is 4.06. The Kier molecular flexibility index (Phi) is 3.45. The molecule has 0 fully saturated rings. The Morgan fingerprint density at radius 1 is 1.24 bits per heavy atom. The largest absolute Gasteiger partial charge is 0.497 e. The van der Waals surface area contributed by atoms with Gasteiger partial charge in [-0.25, -0.2) is 9.78 Å². The molecule has 0 spiro atoms.